The number of hydrogen-bond acceptors (Lipinski definition) is 6. The molecule has 0 bridgehead atoms. The average Bonchev–Trinajstić information content (AvgIpc) is 3.24. The lowest BCUT2D eigenvalue weighted by atomic mass is 10.1. The molecule has 1 N–H and O–H groups in total. The second-order valence-electron chi connectivity index (χ2n) is 6.87. The van der Waals surface area contributed by atoms with Crippen molar-refractivity contribution in [2.75, 3.05) is 6.54 Å². The van der Waals surface area contributed by atoms with Gasteiger partial charge in [0, 0.05) is 6.54 Å². The molecule has 1 atom stereocenters. The van der Waals surface area contributed by atoms with Crippen molar-refractivity contribution in [3.63, 3.8) is 0 Å². The van der Waals surface area contributed by atoms with E-state index in [1.807, 2.05) is 13.8 Å². The van der Waals surface area contributed by atoms with Crippen LogP contribution in [0.5, 0.6) is 5.75 Å². The lowest BCUT2D eigenvalue weighted by Crippen LogP contribution is -2.31. The molecule has 1 aromatic heterocycles. The zero-order chi connectivity index (χ0) is 21.8. The molecule has 0 aliphatic carbocycles. The maximum atomic E-state index is 13.2. The third-order valence-corrected chi connectivity index (χ3v) is 9.26. The van der Waals surface area contributed by atoms with Crippen molar-refractivity contribution in [3.8, 4) is 5.75 Å². The van der Waals surface area contributed by atoms with Gasteiger partial charge >= 0.3 is 0 Å². The van der Waals surface area contributed by atoms with Gasteiger partial charge in [0.2, 0.25) is 10.0 Å². The fourth-order valence-corrected chi connectivity index (χ4v) is 6.90. The number of nitrogens with one attached hydrogen (secondary N) is 1. The second kappa shape index (κ2) is 9.30. The molecule has 0 spiro atoms. The highest BCUT2D eigenvalue weighted by molar-refractivity contribution is 7.93. The van der Waals surface area contributed by atoms with Crippen LogP contribution in [0.4, 0.5) is 0 Å². The van der Waals surface area contributed by atoms with E-state index in [1.165, 1.54) is 18.2 Å². The molecule has 1 heterocycles. The van der Waals surface area contributed by atoms with Crippen LogP contribution >= 0.6 is 11.3 Å². The van der Waals surface area contributed by atoms with E-state index in [4.69, 9.17) is 4.74 Å². The minimum absolute atomic E-state index is 0.0281. The Morgan fingerprint density at radius 2 is 1.57 bits per heavy atom. The molecule has 3 aromatic rings. The Hall–Kier alpha value is -2.20. The predicted molar refractivity (Wildman–Crippen MR) is 118 cm³/mol. The average molecular weight is 466 g/mol. The summed E-state index contributed by atoms with van der Waals surface area (Å²) in [4.78, 5) is 0.0407. The lowest BCUT2D eigenvalue weighted by molar-refractivity contribution is 0.242. The first-order valence-corrected chi connectivity index (χ1v) is 13.2. The molecule has 3 rings (SSSR count). The number of sulfone groups is 1. The van der Waals surface area contributed by atoms with Gasteiger partial charge in [0.25, 0.3) is 0 Å². The summed E-state index contributed by atoms with van der Waals surface area (Å²) in [5, 5.41) is 0.635. The Morgan fingerprint density at radius 3 is 2.13 bits per heavy atom. The maximum absolute atomic E-state index is 13.2. The third kappa shape index (κ3) is 5.28. The number of thiophene rings is 1. The van der Waals surface area contributed by atoms with E-state index in [0.717, 1.165) is 11.3 Å². The third-order valence-electron chi connectivity index (χ3n) is 4.29. The highest BCUT2D eigenvalue weighted by atomic mass is 32.2. The van der Waals surface area contributed by atoms with Gasteiger partial charge in [-0.05, 0) is 55.1 Å². The summed E-state index contributed by atoms with van der Waals surface area (Å²) in [5.74, 6) is 0.561. The maximum Gasteiger partial charge on any atom is 0.240 e. The zero-order valence-electron chi connectivity index (χ0n) is 16.6. The van der Waals surface area contributed by atoms with Crippen molar-refractivity contribution < 1.29 is 21.6 Å². The van der Waals surface area contributed by atoms with E-state index < -0.39 is 25.1 Å². The van der Waals surface area contributed by atoms with E-state index in [0.29, 0.717) is 11.3 Å². The fourth-order valence-electron chi connectivity index (χ4n) is 2.88. The number of sulfonamides is 1. The molecule has 0 aliphatic rings. The molecular formula is C21H23NO5S3. The van der Waals surface area contributed by atoms with Crippen LogP contribution in [-0.4, -0.2) is 29.5 Å². The van der Waals surface area contributed by atoms with E-state index in [9.17, 15) is 16.8 Å². The fraction of sp³-hybridized carbons (Fsp3) is 0.238. The molecule has 2 aromatic carbocycles. The van der Waals surface area contributed by atoms with Crippen LogP contribution in [0.2, 0.25) is 0 Å². The summed E-state index contributed by atoms with van der Waals surface area (Å²) in [6, 6.07) is 17.8. The van der Waals surface area contributed by atoms with Gasteiger partial charge in [-0.15, -0.1) is 11.3 Å². The Morgan fingerprint density at radius 1 is 0.900 bits per heavy atom. The largest absolute Gasteiger partial charge is 0.491 e. The van der Waals surface area contributed by atoms with Crippen LogP contribution < -0.4 is 9.46 Å². The summed E-state index contributed by atoms with van der Waals surface area (Å²) >= 11 is 1.11. The van der Waals surface area contributed by atoms with Crippen molar-refractivity contribution >= 4 is 31.2 Å². The van der Waals surface area contributed by atoms with Gasteiger partial charge in [-0.2, -0.15) is 0 Å². The van der Waals surface area contributed by atoms with Crippen molar-refractivity contribution in [3.05, 3.63) is 77.7 Å². The lowest BCUT2D eigenvalue weighted by Gasteiger charge is -2.18. The topological polar surface area (TPSA) is 89.5 Å². The van der Waals surface area contributed by atoms with Gasteiger partial charge in [-0.3, -0.25) is 0 Å². The van der Waals surface area contributed by atoms with Crippen LogP contribution in [0.15, 0.2) is 81.2 Å². The monoisotopic (exact) mass is 465 g/mol. The highest BCUT2D eigenvalue weighted by Gasteiger charge is 2.31. The van der Waals surface area contributed by atoms with Gasteiger partial charge in [-0.25, -0.2) is 21.6 Å². The minimum atomic E-state index is -3.90. The van der Waals surface area contributed by atoms with Gasteiger partial charge < -0.3 is 4.74 Å². The Balaban J connectivity index is 1.85. The minimum Gasteiger partial charge on any atom is -0.491 e. The first-order chi connectivity index (χ1) is 14.2. The number of hydrogen-bond donors (Lipinski definition) is 1. The Kier molecular flexibility index (Phi) is 6.97. The summed E-state index contributed by atoms with van der Waals surface area (Å²) in [6.45, 7) is 3.48. The van der Waals surface area contributed by atoms with Gasteiger partial charge in [0.05, 0.1) is 11.0 Å². The van der Waals surface area contributed by atoms with Gasteiger partial charge in [0.1, 0.15) is 15.2 Å². The molecule has 0 unspecified atom stereocenters. The van der Waals surface area contributed by atoms with E-state index in [1.54, 1.807) is 53.9 Å². The highest BCUT2D eigenvalue weighted by Crippen LogP contribution is 2.31. The van der Waals surface area contributed by atoms with Crippen molar-refractivity contribution in [2.45, 2.75) is 34.3 Å². The zero-order valence-corrected chi connectivity index (χ0v) is 19.0. The van der Waals surface area contributed by atoms with Crippen LogP contribution in [0, 0.1) is 0 Å². The standard InChI is InChI=1S/C21H23NO5S3/c1-16(2)27-18-10-12-19(13-11-18)30(25,26)22-15-20(17-7-4-3-5-8-17)29(23,24)21-9-6-14-28-21/h3-14,16,20,22H,15H2,1-2H3/t20-/m0/s1. The summed E-state index contributed by atoms with van der Waals surface area (Å²) < 4.78 is 60.0. The molecule has 0 saturated heterocycles. The van der Waals surface area contributed by atoms with Crippen molar-refractivity contribution in [1.82, 2.24) is 4.72 Å². The van der Waals surface area contributed by atoms with Crippen LogP contribution in [-0.2, 0) is 19.9 Å². The molecule has 0 saturated carbocycles. The van der Waals surface area contributed by atoms with Crippen LogP contribution in [0.3, 0.4) is 0 Å². The molecule has 0 amide bonds. The van der Waals surface area contributed by atoms with Gasteiger partial charge in [-0.1, -0.05) is 36.4 Å². The molecular weight excluding hydrogens is 442 g/mol. The predicted octanol–water partition coefficient (Wildman–Crippen LogP) is 4.03. The Labute approximate surface area is 181 Å². The van der Waals surface area contributed by atoms with Crippen molar-refractivity contribution in [2.24, 2.45) is 0 Å². The SMILES string of the molecule is CC(C)Oc1ccc(S(=O)(=O)NC[C@@H](c2ccccc2)S(=O)(=O)c2cccs2)cc1. The van der Waals surface area contributed by atoms with E-state index in [2.05, 4.69) is 4.72 Å². The Bertz CT molecular complexity index is 1160. The molecule has 160 valence electrons. The van der Waals surface area contributed by atoms with Crippen LogP contribution in [0.25, 0.3) is 0 Å². The van der Waals surface area contributed by atoms with Crippen molar-refractivity contribution in [1.29, 1.82) is 0 Å². The smallest absolute Gasteiger partial charge is 0.240 e. The molecule has 6 nitrogen and oxygen atoms in total. The van der Waals surface area contributed by atoms with Gasteiger partial charge in [0.15, 0.2) is 9.84 Å². The molecule has 9 heteroatoms. The first kappa shape index (κ1) is 22.5. The molecule has 0 fully saturated rings. The molecule has 0 radical (unpaired) electrons. The quantitative estimate of drug-likeness (QED) is 0.515. The first-order valence-electron chi connectivity index (χ1n) is 9.29. The van der Waals surface area contributed by atoms with Crippen LogP contribution in [0.1, 0.15) is 24.7 Å². The summed E-state index contributed by atoms with van der Waals surface area (Å²) in [5.41, 5.74) is 0.522. The number of ether oxygens (including phenoxy) is 1. The summed E-state index contributed by atoms with van der Waals surface area (Å²) in [6.07, 6.45) is -0.0281. The van der Waals surface area contributed by atoms with E-state index in [-0.39, 0.29) is 21.8 Å². The normalized spacial score (nSPS) is 13.3. The molecule has 0 aliphatic heterocycles. The summed E-state index contributed by atoms with van der Waals surface area (Å²) in [7, 11) is -7.67. The number of benzene rings is 2. The van der Waals surface area contributed by atoms with E-state index >= 15 is 0 Å². The molecule has 30 heavy (non-hydrogen) atoms. The second-order valence-corrected chi connectivity index (χ2v) is 11.9. The number of rotatable bonds is 9.